The molecule has 6 nitrogen and oxygen atoms in total. The van der Waals surface area contributed by atoms with Gasteiger partial charge in [0, 0.05) is 23.9 Å². The SMILES string of the molecule is O=C(Nc1ccc(Cl)c(C(=O)NC2CCCCC2)c1)c1ccc(OCC2CCCO2)cc1. The van der Waals surface area contributed by atoms with E-state index in [2.05, 4.69) is 10.6 Å². The van der Waals surface area contributed by atoms with Gasteiger partial charge in [0.2, 0.25) is 0 Å². The fourth-order valence-electron chi connectivity index (χ4n) is 4.16. The first-order valence-corrected chi connectivity index (χ1v) is 11.7. The Morgan fingerprint density at radius 2 is 1.75 bits per heavy atom. The number of rotatable bonds is 7. The fraction of sp³-hybridized carbons (Fsp3) is 0.440. The quantitative estimate of drug-likeness (QED) is 0.599. The zero-order chi connectivity index (χ0) is 22.3. The molecule has 0 bridgehead atoms. The summed E-state index contributed by atoms with van der Waals surface area (Å²) in [4.78, 5) is 25.4. The highest BCUT2D eigenvalue weighted by Gasteiger charge is 2.19. The van der Waals surface area contributed by atoms with Crippen LogP contribution in [0.3, 0.4) is 0 Å². The molecule has 2 aliphatic rings. The number of hydrogen-bond acceptors (Lipinski definition) is 4. The molecular formula is C25H29ClN2O4. The van der Waals surface area contributed by atoms with Crippen LogP contribution >= 0.6 is 11.6 Å². The zero-order valence-corrected chi connectivity index (χ0v) is 18.8. The van der Waals surface area contributed by atoms with Gasteiger partial charge >= 0.3 is 0 Å². The van der Waals surface area contributed by atoms with Crippen LogP contribution in [-0.2, 0) is 4.74 Å². The number of nitrogens with one attached hydrogen (secondary N) is 2. The Bertz CT molecular complexity index is 935. The van der Waals surface area contributed by atoms with Crippen molar-refractivity contribution < 1.29 is 19.1 Å². The Morgan fingerprint density at radius 1 is 0.969 bits per heavy atom. The topological polar surface area (TPSA) is 76.7 Å². The maximum absolute atomic E-state index is 12.7. The molecule has 2 fully saturated rings. The van der Waals surface area contributed by atoms with Crippen LogP contribution in [0.1, 0.15) is 65.7 Å². The third-order valence-corrected chi connectivity index (χ3v) is 6.32. The van der Waals surface area contributed by atoms with Gasteiger partial charge in [0.1, 0.15) is 12.4 Å². The molecule has 2 amide bonds. The molecule has 7 heteroatoms. The largest absolute Gasteiger partial charge is 0.491 e. The van der Waals surface area contributed by atoms with Gasteiger partial charge < -0.3 is 20.1 Å². The third kappa shape index (κ3) is 6.02. The summed E-state index contributed by atoms with van der Waals surface area (Å²) in [6.45, 7) is 1.31. The molecule has 0 spiro atoms. The summed E-state index contributed by atoms with van der Waals surface area (Å²) in [6, 6.07) is 12.1. The van der Waals surface area contributed by atoms with Crippen LogP contribution in [0.4, 0.5) is 5.69 Å². The molecule has 1 saturated heterocycles. The standard InChI is InChI=1S/C25H29ClN2O4/c26-23-13-10-19(15-22(23)25(30)27-18-5-2-1-3-6-18)28-24(29)17-8-11-20(12-9-17)32-16-21-7-4-14-31-21/h8-13,15,18,21H,1-7,14,16H2,(H,27,30)(H,28,29). The summed E-state index contributed by atoms with van der Waals surface area (Å²) in [5.41, 5.74) is 1.39. The van der Waals surface area contributed by atoms with Crippen molar-refractivity contribution >= 4 is 29.1 Å². The van der Waals surface area contributed by atoms with Gasteiger partial charge in [-0.05, 0) is 68.1 Å². The zero-order valence-electron chi connectivity index (χ0n) is 18.1. The fourth-order valence-corrected chi connectivity index (χ4v) is 4.36. The van der Waals surface area contributed by atoms with Gasteiger partial charge in [-0.1, -0.05) is 30.9 Å². The van der Waals surface area contributed by atoms with E-state index in [1.165, 1.54) is 6.42 Å². The van der Waals surface area contributed by atoms with Crippen LogP contribution in [0.5, 0.6) is 5.75 Å². The van der Waals surface area contributed by atoms with E-state index in [9.17, 15) is 9.59 Å². The van der Waals surface area contributed by atoms with Crippen molar-refractivity contribution in [3.05, 3.63) is 58.6 Å². The predicted octanol–water partition coefficient (Wildman–Crippen LogP) is 5.21. The van der Waals surface area contributed by atoms with Crippen molar-refractivity contribution in [2.24, 2.45) is 0 Å². The number of carbonyl (C=O) groups is 2. The van der Waals surface area contributed by atoms with E-state index in [1.54, 1.807) is 42.5 Å². The number of benzene rings is 2. The van der Waals surface area contributed by atoms with E-state index in [0.717, 1.165) is 45.1 Å². The van der Waals surface area contributed by atoms with Crippen LogP contribution in [0.2, 0.25) is 5.02 Å². The van der Waals surface area contributed by atoms with Gasteiger partial charge in [0.25, 0.3) is 11.8 Å². The summed E-state index contributed by atoms with van der Waals surface area (Å²) in [6.07, 6.45) is 7.70. The monoisotopic (exact) mass is 456 g/mol. The summed E-state index contributed by atoms with van der Waals surface area (Å²) in [5, 5.41) is 6.27. The molecule has 1 atom stereocenters. The first kappa shape index (κ1) is 22.6. The molecule has 32 heavy (non-hydrogen) atoms. The van der Waals surface area contributed by atoms with E-state index in [4.69, 9.17) is 21.1 Å². The molecule has 0 radical (unpaired) electrons. The lowest BCUT2D eigenvalue weighted by Crippen LogP contribution is -2.36. The second-order valence-electron chi connectivity index (χ2n) is 8.43. The molecule has 1 aliphatic heterocycles. The van der Waals surface area contributed by atoms with Gasteiger partial charge in [-0.2, -0.15) is 0 Å². The van der Waals surface area contributed by atoms with E-state index in [-0.39, 0.29) is 24.0 Å². The molecule has 2 aromatic rings. The van der Waals surface area contributed by atoms with Crippen molar-refractivity contribution in [3.63, 3.8) is 0 Å². The lowest BCUT2D eigenvalue weighted by molar-refractivity contribution is 0.0679. The summed E-state index contributed by atoms with van der Waals surface area (Å²) >= 11 is 6.26. The third-order valence-electron chi connectivity index (χ3n) is 5.99. The Hall–Kier alpha value is -2.57. The normalized spacial score (nSPS) is 18.8. The van der Waals surface area contributed by atoms with Crippen LogP contribution in [-0.4, -0.2) is 37.2 Å². The molecule has 1 heterocycles. The van der Waals surface area contributed by atoms with Gasteiger partial charge in [0.15, 0.2) is 0 Å². The lowest BCUT2D eigenvalue weighted by atomic mass is 9.95. The smallest absolute Gasteiger partial charge is 0.255 e. The maximum atomic E-state index is 12.7. The minimum absolute atomic E-state index is 0.146. The average Bonchev–Trinajstić information content (AvgIpc) is 3.33. The van der Waals surface area contributed by atoms with E-state index in [0.29, 0.717) is 34.2 Å². The Balaban J connectivity index is 1.35. The van der Waals surface area contributed by atoms with Gasteiger partial charge in [-0.3, -0.25) is 9.59 Å². The number of halogens is 1. The summed E-state index contributed by atoms with van der Waals surface area (Å²) < 4.78 is 11.3. The number of carbonyl (C=O) groups excluding carboxylic acids is 2. The summed E-state index contributed by atoms with van der Waals surface area (Å²) in [5.74, 6) is 0.229. The first-order chi connectivity index (χ1) is 15.6. The lowest BCUT2D eigenvalue weighted by Gasteiger charge is -2.23. The van der Waals surface area contributed by atoms with Crippen molar-refractivity contribution in [3.8, 4) is 5.75 Å². The van der Waals surface area contributed by atoms with Gasteiger partial charge in [-0.15, -0.1) is 0 Å². The Morgan fingerprint density at radius 3 is 2.47 bits per heavy atom. The van der Waals surface area contributed by atoms with Crippen LogP contribution in [0, 0.1) is 0 Å². The van der Waals surface area contributed by atoms with Crippen molar-refractivity contribution in [2.45, 2.75) is 57.1 Å². The molecular weight excluding hydrogens is 428 g/mol. The Labute approximate surface area is 193 Å². The summed E-state index contributed by atoms with van der Waals surface area (Å²) in [7, 11) is 0. The average molecular weight is 457 g/mol. The molecule has 1 saturated carbocycles. The molecule has 1 unspecified atom stereocenters. The second kappa shape index (κ2) is 10.8. The van der Waals surface area contributed by atoms with Crippen molar-refractivity contribution in [1.29, 1.82) is 0 Å². The van der Waals surface area contributed by atoms with E-state index < -0.39 is 0 Å². The molecule has 0 aromatic heterocycles. The van der Waals surface area contributed by atoms with Crippen molar-refractivity contribution in [2.75, 3.05) is 18.5 Å². The minimum atomic E-state index is -0.267. The highest BCUT2D eigenvalue weighted by atomic mass is 35.5. The van der Waals surface area contributed by atoms with Crippen LogP contribution < -0.4 is 15.4 Å². The van der Waals surface area contributed by atoms with Gasteiger partial charge in [-0.25, -0.2) is 0 Å². The number of amides is 2. The van der Waals surface area contributed by atoms with Crippen LogP contribution in [0.25, 0.3) is 0 Å². The molecule has 2 N–H and O–H groups in total. The number of ether oxygens (including phenoxy) is 2. The van der Waals surface area contributed by atoms with Gasteiger partial charge in [0.05, 0.1) is 16.7 Å². The van der Waals surface area contributed by atoms with Crippen molar-refractivity contribution in [1.82, 2.24) is 5.32 Å². The first-order valence-electron chi connectivity index (χ1n) is 11.3. The highest BCUT2D eigenvalue weighted by Crippen LogP contribution is 2.24. The van der Waals surface area contributed by atoms with E-state index >= 15 is 0 Å². The van der Waals surface area contributed by atoms with E-state index in [1.807, 2.05) is 0 Å². The number of hydrogen-bond donors (Lipinski definition) is 2. The predicted molar refractivity (Wildman–Crippen MR) is 125 cm³/mol. The number of anilines is 1. The molecule has 1 aliphatic carbocycles. The molecule has 2 aromatic carbocycles. The Kier molecular flexibility index (Phi) is 7.66. The molecule has 170 valence electrons. The maximum Gasteiger partial charge on any atom is 0.255 e. The minimum Gasteiger partial charge on any atom is -0.491 e. The van der Waals surface area contributed by atoms with Crippen LogP contribution in [0.15, 0.2) is 42.5 Å². The highest BCUT2D eigenvalue weighted by molar-refractivity contribution is 6.34. The molecule has 4 rings (SSSR count). The second-order valence-corrected chi connectivity index (χ2v) is 8.83.